The van der Waals surface area contributed by atoms with Crippen molar-refractivity contribution in [2.24, 2.45) is 11.7 Å². The molecule has 0 aromatic heterocycles. The zero-order valence-electron chi connectivity index (χ0n) is 9.98. The molecule has 0 bridgehead atoms. The van der Waals surface area contributed by atoms with Crippen LogP contribution in [0, 0.1) is 5.92 Å². The number of aliphatic hydroxyl groups is 1. The lowest BCUT2D eigenvalue weighted by Gasteiger charge is -2.26. The van der Waals surface area contributed by atoms with Gasteiger partial charge in [0.25, 0.3) is 0 Å². The van der Waals surface area contributed by atoms with E-state index < -0.39 is 0 Å². The number of hydrogen-bond acceptors (Lipinski definition) is 4. The minimum absolute atomic E-state index is 0.123. The standard InChI is InChI=1S/C11H23N3O2/c1-9(11(12)16)7-14(5-6-15)8-10-3-2-4-13-10/h9-10,13,15H,2-8H2,1H3,(H2,12,16). The molecule has 1 rings (SSSR count). The van der Waals surface area contributed by atoms with Crippen LogP contribution in [0.1, 0.15) is 19.8 Å². The highest BCUT2D eigenvalue weighted by atomic mass is 16.3. The van der Waals surface area contributed by atoms with Gasteiger partial charge in [0.15, 0.2) is 0 Å². The third-order valence-electron chi connectivity index (χ3n) is 3.07. The lowest BCUT2D eigenvalue weighted by molar-refractivity contribution is -0.121. The number of hydrogen-bond donors (Lipinski definition) is 3. The van der Waals surface area contributed by atoms with Crippen LogP contribution in [0.4, 0.5) is 0 Å². The highest BCUT2D eigenvalue weighted by Gasteiger charge is 2.20. The minimum Gasteiger partial charge on any atom is -0.395 e. The smallest absolute Gasteiger partial charge is 0.221 e. The predicted octanol–water partition coefficient (Wildman–Crippen LogP) is -0.846. The van der Waals surface area contributed by atoms with Crippen LogP contribution in [-0.4, -0.2) is 54.7 Å². The topological polar surface area (TPSA) is 78.6 Å². The Labute approximate surface area is 97.0 Å². The molecule has 0 aromatic rings. The van der Waals surface area contributed by atoms with Crippen LogP contribution in [0.25, 0.3) is 0 Å². The van der Waals surface area contributed by atoms with Gasteiger partial charge < -0.3 is 16.2 Å². The molecule has 2 unspecified atom stereocenters. The molecule has 1 aliphatic heterocycles. The van der Waals surface area contributed by atoms with Crippen LogP contribution in [-0.2, 0) is 4.79 Å². The Balaban J connectivity index is 2.36. The monoisotopic (exact) mass is 229 g/mol. The molecule has 4 N–H and O–H groups in total. The van der Waals surface area contributed by atoms with E-state index in [2.05, 4.69) is 10.2 Å². The van der Waals surface area contributed by atoms with E-state index in [0.29, 0.717) is 19.1 Å². The highest BCUT2D eigenvalue weighted by molar-refractivity contribution is 5.76. The summed E-state index contributed by atoms with van der Waals surface area (Å²) in [6.45, 7) is 5.15. The van der Waals surface area contributed by atoms with Gasteiger partial charge in [-0.05, 0) is 19.4 Å². The molecular weight excluding hydrogens is 206 g/mol. The first kappa shape index (κ1) is 13.4. The third kappa shape index (κ3) is 4.47. The maximum atomic E-state index is 11.0. The number of aliphatic hydroxyl groups excluding tert-OH is 1. The summed E-state index contributed by atoms with van der Waals surface area (Å²) >= 11 is 0. The van der Waals surface area contributed by atoms with Crippen molar-refractivity contribution >= 4 is 5.91 Å². The maximum Gasteiger partial charge on any atom is 0.221 e. The van der Waals surface area contributed by atoms with E-state index in [-0.39, 0.29) is 18.4 Å². The van der Waals surface area contributed by atoms with Crippen LogP contribution in [0.5, 0.6) is 0 Å². The molecule has 1 heterocycles. The second kappa shape index (κ2) is 6.83. The zero-order valence-corrected chi connectivity index (χ0v) is 9.98. The van der Waals surface area contributed by atoms with Gasteiger partial charge in [-0.25, -0.2) is 0 Å². The van der Waals surface area contributed by atoms with Crippen LogP contribution in [0.3, 0.4) is 0 Å². The van der Waals surface area contributed by atoms with Gasteiger partial charge in [0.05, 0.1) is 6.61 Å². The van der Waals surface area contributed by atoms with Crippen molar-refractivity contribution in [3.63, 3.8) is 0 Å². The fourth-order valence-corrected chi connectivity index (χ4v) is 2.10. The van der Waals surface area contributed by atoms with Crippen molar-refractivity contribution in [1.29, 1.82) is 0 Å². The Bertz CT molecular complexity index is 217. The third-order valence-corrected chi connectivity index (χ3v) is 3.07. The average Bonchev–Trinajstić information content (AvgIpc) is 2.70. The number of nitrogens with one attached hydrogen (secondary N) is 1. The van der Waals surface area contributed by atoms with E-state index >= 15 is 0 Å². The molecule has 0 aromatic carbocycles. The SMILES string of the molecule is CC(CN(CCO)CC1CCCN1)C(N)=O. The number of carbonyl (C=O) groups is 1. The quantitative estimate of drug-likeness (QED) is 0.531. The number of nitrogens with two attached hydrogens (primary N) is 1. The molecule has 1 saturated heterocycles. The van der Waals surface area contributed by atoms with Crippen molar-refractivity contribution in [2.75, 3.05) is 32.8 Å². The second-order valence-corrected chi connectivity index (χ2v) is 4.58. The van der Waals surface area contributed by atoms with Gasteiger partial charge in [0.1, 0.15) is 0 Å². The van der Waals surface area contributed by atoms with Gasteiger partial charge in [0.2, 0.25) is 5.91 Å². The van der Waals surface area contributed by atoms with E-state index in [1.807, 2.05) is 6.92 Å². The van der Waals surface area contributed by atoms with E-state index in [1.165, 1.54) is 12.8 Å². The van der Waals surface area contributed by atoms with Crippen molar-refractivity contribution in [2.45, 2.75) is 25.8 Å². The number of rotatable bonds is 7. The van der Waals surface area contributed by atoms with Crippen LogP contribution in [0.15, 0.2) is 0 Å². The van der Waals surface area contributed by atoms with Gasteiger partial charge in [-0.3, -0.25) is 9.69 Å². The highest BCUT2D eigenvalue weighted by Crippen LogP contribution is 2.08. The van der Waals surface area contributed by atoms with Crippen LogP contribution >= 0.6 is 0 Å². The molecule has 2 atom stereocenters. The molecule has 0 spiro atoms. The molecular formula is C11H23N3O2. The summed E-state index contributed by atoms with van der Waals surface area (Å²) in [5.74, 6) is -0.435. The fraction of sp³-hybridized carbons (Fsp3) is 0.909. The van der Waals surface area contributed by atoms with Crippen molar-refractivity contribution < 1.29 is 9.90 Å². The summed E-state index contributed by atoms with van der Waals surface area (Å²) in [4.78, 5) is 13.1. The largest absolute Gasteiger partial charge is 0.395 e. The summed E-state index contributed by atoms with van der Waals surface area (Å²) in [6, 6.07) is 0.492. The summed E-state index contributed by atoms with van der Waals surface area (Å²) in [6.07, 6.45) is 2.38. The molecule has 1 fully saturated rings. The molecule has 1 amide bonds. The number of nitrogens with zero attached hydrogens (tertiary/aromatic N) is 1. The van der Waals surface area contributed by atoms with Gasteiger partial charge >= 0.3 is 0 Å². The summed E-state index contributed by atoms with van der Waals surface area (Å²) in [5, 5.41) is 12.4. The van der Waals surface area contributed by atoms with E-state index in [0.717, 1.165) is 13.1 Å². The molecule has 16 heavy (non-hydrogen) atoms. The zero-order chi connectivity index (χ0) is 12.0. The fourth-order valence-electron chi connectivity index (χ4n) is 2.10. The van der Waals surface area contributed by atoms with Gasteiger partial charge in [-0.15, -0.1) is 0 Å². The van der Waals surface area contributed by atoms with Gasteiger partial charge in [0, 0.05) is 31.6 Å². The van der Waals surface area contributed by atoms with Crippen LogP contribution < -0.4 is 11.1 Å². The molecule has 0 radical (unpaired) electrons. The number of primary amides is 1. The lowest BCUT2D eigenvalue weighted by atomic mass is 10.1. The summed E-state index contributed by atoms with van der Waals surface area (Å²) in [5.41, 5.74) is 5.24. The first-order chi connectivity index (χ1) is 7.63. The Morgan fingerprint density at radius 3 is 2.94 bits per heavy atom. The van der Waals surface area contributed by atoms with Gasteiger partial charge in [-0.1, -0.05) is 6.92 Å². The average molecular weight is 229 g/mol. The normalized spacial score (nSPS) is 22.6. The Morgan fingerprint density at radius 2 is 2.44 bits per heavy atom. The Hall–Kier alpha value is -0.650. The number of amides is 1. The van der Waals surface area contributed by atoms with Crippen molar-refractivity contribution in [1.82, 2.24) is 10.2 Å². The molecule has 0 aliphatic carbocycles. The minimum atomic E-state index is -0.276. The summed E-state index contributed by atoms with van der Waals surface area (Å²) < 4.78 is 0. The van der Waals surface area contributed by atoms with E-state index in [1.54, 1.807) is 0 Å². The molecule has 5 nitrogen and oxygen atoms in total. The van der Waals surface area contributed by atoms with Crippen molar-refractivity contribution in [3.05, 3.63) is 0 Å². The maximum absolute atomic E-state index is 11.0. The molecule has 1 aliphatic rings. The number of carbonyl (C=O) groups excluding carboxylic acids is 1. The molecule has 94 valence electrons. The van der Waals surface area contributed by atoms with E-state index in [9.17, 15) is 4.79 Å². The predicted molar refractivity (Wildman–Crippen MR) is 62.9 cm³/mol. The lowest BCUT2D eigenvalue weighted by Crippen LogP contribution is -2.43. The second-order valence-electron chi connectivity index (χ2n) is 4.58. The van der Waals surface area contributed by atoms with Crippen molar-refractivity contribution in [3.8, 4) is 0 Å². The molecule has 0 saturated carbocycles. The van der Waals surface area contributed by atoms with Gasteiger partial charge in [-0.2, -0.15) is 0 Å². The van der Waals surface area contributed by atoms with Crippen LogP contribution in [0.2, 0.25) is 0 Å². The first-order valence-electron chi connectivity index (χ1n) is 5.99. The Morgan fingerprint density at radius 1 is 1.69 bits per heavy atom. The van der Waals surface area contributed by atoms with E-state index in [4.69, 9.17) is 10.8 Å². The molecule has 5 heteroatoms. The summed E-state index contributed by atoms with van der Waals surface area (Å²) in [7, 11) is 0. The Kier molecular flexibility index (Phi) is 5.73. The first-order valence-corrected chi connectivity index (χ1v) is 5.99.